The van der Waals surface area contributed by atoms with E-state index in [4.69, 9.17) is 0 Å². The maximum Gasteiger partial charge on any atom is 0.0339 e. The van der Waals surface area contributed by atoms with Crippen LogP contribution in [0.25, 0.3) is 0 Å². The summed E-state index contributed by atoms with van der Waals surface area (Å²) >= 11 is 0. The number of hydrogen-bond donors (Lipinski definition) is 0. The Morgan fingerprint density at radius 2 is 0.650 bits per heavy atom. The Morgan fingerprint density at radius 3 is 0.900 bits per heavy atom. The molecule has 3 rings (SSSR count). The molecule has 0 unspecified atom stereocenters. The van der Waals surface area contributed by atoms with Gasteiger partial charge in [0, 0.05) is 28.3 Å². The van der Waals surface area contributed by atoms with E-state index in [0.717, 1.165) is 0 Å². The average Bonchev–Trinajstić information content (AvgIpc) is 2.51. The SMILES string of the molecule is [Nb].c1ccc(C(c2ccccc2)c2ccccc2)cc1. The largest absolute Gasteiger partial charge is 0.0622 e. The minimum atomic E-state index is 0. The van der Waals surface area contributed by atoms with E-state index in [1.807, 2.05) is 0 Å². The summed E-state index contributed by atoms with van der Waals surface area (Å²) in [5, 5.41) is 0. The van der Waals surface area contributed by atoms with E-state index >= 15 is 0 Å². The molecular formula is C19H16Nb. The van der Waals surface area contributed by atoms with Crippen LogP contribution in [0, 0.1) is 0 Å². The molecule has 0 spiro atoms. The summed E-state index contributed by atoms with van der Waals surface area (Å²) in [5.74, 6) is 0.309. The molecule has 0 N–H and O–H groups in total. The van der Waals surface area contributed by atoms with Crippen LogP contribution in [-0.4, -0.2) is 0 Å². The molecule has 0 amide bonds. The van der Waals surface area contributed by atoms with Gasteiger partial charge in [-0.25, -0.2) is 0 Å². The van der Waals surface area contributed by atoms with Crippen LogP contribution in [0.2, 0.25) is 0 Å². The molecule has 3 aromatic rings. The van der Waals surface area contributed by atoms with Crippen LogP contribution in [0.5, 0.6) is 0 Å². The van der Waals surface area contributed by atoms with Crippen LogP contribution in [-0.2, 0) is 22.4 Å². The Hall–Kier alpha value is -1.60. The predicted octanol–water partition coefficient (Wildman–Crippen LogP) is 4.86. The van der Waals surface area contributed by atoms with Gasteiger partial charge in [0.15, 0.2) is 0 Å². The topological polar surface area (TPSA) is 0 Å². The molecule has 0 heterocycles. The van der Waals surface area contributed by atoms with Crippen LogP contribution in [0.15, 0.2) is 91.0 Å². The molecule has 3 aromatic carbocycles. The molecule has 0 aliphatic carbocycles. The molecule has 0 aliphatic heterocycles. The van der Waals surface area contributed by atoms with Crippen molar-refractivity contribution in [1.82, 2.24) is 0 Å². The molecule has 0 nitrogen and oxygen atoms in total. The fraction of sp³-hybridized carbons (Fsp3) is 0.0526. The summed E-state index contributed by atoms with van der Waals surface area (Å²) in [7, 11) is 0. The molecule has 20 heavy (non-hydrogen) atoms. The van der Waals surface area contributed by atoms with Crippen molar-refractivity contribution in [3.8, 4) is 0 Å². The second kappa shape index (κ2) is 7.25. The summed E-state index contributed by atoms with van der Waals surface area (Å²) in [5.41, 5.74) is 4.00. The zero-order valence-corrected chi connectivity index (χ0v) is 13.4. The van der Waals surface area contributed by atoms with Gasteiger partial charge in [-0.15, -0.1) is 0 Å². The van der Waals surface area contributed by atoms with Gasteiger partial charge in [-0.2, -0.15) is 0 Å². The van der Waals surface area contributed by atoms with E-state index < -0.39 is 0 Å². The minimum absolute atomic E-state index is 0. The summed E-state index contributed by atoms with van der Waals surface area (Å²) in [6, 6.07) is 32.0. The first kappa shape index (κ1) is 14.8. The van der Waals surface area contributed by atoms with Gasteiger partial charge < -0.3 is 0 Å². The van der Waals surface area contributed by atoms with Crippen molar-refractivity contribution in [1.29, 1.82) is 0 Å². The van der Waals surface area contributed by atoms with E-state index in [2.05, 4.69) is 91.0 Å². The van der Waals surface area contributed by atoms with Gasteiger partial charge in [0.25, 0.3) is 0 Å². The monoisotopic (exact) mass is 337 g/mol. The quantitative estimate of drug-likeness (QED) is 0.473. The Kier molecular flexibility index (Phi) is 5.37. The third-order valence-electron chi connectivity index (χ3n) is 3.40. The molecule has 0 aromatic heterocycles. The van der Waals surface area contributed by atoms with Crippen molar-refractivity contribution in [3.05, 3.63) is 108 Å². The molecule has 0 saturated heterocycles. The van der Waals surface area contributed by atoms with Crippen molar-refractivity contribution in [2.75, 3.05) is 0 Å². The van der Waals surface area contributed by atoms with Gasteiger partial charge in [0.1, 0.15) is 0 Å². The third-order valence-corrected chi connectivity index (χ3v) is 3.40. The maximum atomic E-state index is 2.20. The number of benzene rings is 3. The summed E-state index contributed by atoms with van der Waals surface area (Å²) in [4.78, 5) is 0. The fourth-order valence-corrected chi connectivity index (χ4v) is 2.51. The fourth-order valence-electron chi connectivity index (χ4n) is 2.51. The molecule has 0 saturated carbocycles. The van der Waals surface area contributed by atoms with E-state index in [0.29, 0.717) is 5.92 Å². The van der Waals surface area contributed by atoms with Crippen molar-refractivity contribution in [2.24, 2.45) is 0 Å². The number of rotatable bonds is 3. The van der Waals surface area contributed by atoms with Crippen LogP contribution < -0.4 is 0 Å². The van der Waals surface area contributed by atoms with E-state index in [1.165, 1.54) is 16.7 Å². The van der Waals surface area contributed by atoms with Crippen molar-refractivity contribution < 1.29 is 22.4 Å². The van der Waals surface area contributed by atoms with Gasteiger partial charge in [-0.05, 0) is 16.7 Å². The zero-order chi connectivity index (χ0) is 12.9. The van der Waals surface area contributed by atoms with Gasteiger partial charge in [-0.1, -0.05) is 91.0 Å². The van der Waals surface area contributed by atoms with Crippen LogP contribution >= 0.6 is 0 Å². The normalized spacial score (nSPS) is 10.1. The molecular weight excluding hydrogens is 321 g/mol. The smallest absolute Gasteiger partial charge is 0.0339 e. The molecule has 0 aliphatic rings. The first-order valence-corrected chi connectivity index (χ1v) is 6.60. The molecule has 97 valence electrons. The molecule has 1 heteroatoms. The second-order valence-electron chi connectivity index (χ2n) is 4.67. The van der Waals surface area contributed by atoms with Gasteiger partial charge in [0.2, 0.25) is 0 Å². The Morgan fingerprint density at radius 1 is 0.400 bits per heavy atom. The maximum absolute atomic E-state index is 2.20. The van der Waals surface area contributed by atoms with E-state index in [-0.39, 0.29) is 22.4 Å². The molecule has 0 fully saturated rings. The van der Waals surface area contributed by atoms with E-state index in [9.17, 15) is 0 Å². The second-order valence-corrected chi connectivity index (χ2v) is 4.67. The predicted molar refractivity (Wildman–Crippen MR) is 80.3 cm³/mol. The van der Waals surface area contributed by atoms with E-state index in [1.54, 1.807) is 0 Å². The minimum Gasteiger partial charge on any atom is -0.0622 e. The van der Waals surface area contributed by atoms with Crippen molar-refractivity contribution >= 4 is 0 Å². The summed E-state index contributed by atoms with van der Waals surface area (Å²) in [6.07, 6.45) is 0. The molecule has 0 bridgehead atoms. The van der Waals surface area contributed by atoms with Crippen LogP contribution in [0.3, 0.4) is 0 Å². The molecule has 0 atom stereocenters. The van der Waals surface area contributed by atoms with Gasteiger partial charge in [-0.3, -0.25) is 0 Å². The standard InChI is InChI=1S/C19H16.Nb/c1-4-10-16(11-5-1)19(17-12-6-2-7-13-17)18-14-8-3-9-15-18;/h1-15,19H;. The Labute approximate surface area is 136 Å². The van der Waals surface area contributed by atoms with Crippen molar-refractivity contribution in [3.63, 3.8) is 0 Å². The number of hydrogen-bond acceptors (Lipinski definition) is 0. The first-order chi connectivity index (χ1) is 9.45. The first-order valence-electron chi connectivity index (χ1n) is 6.60. The van der Waals surface area contributed by atoms with Crippen molar-refractivity contribution in [2.45, 2.75) is 5.92 Å². The van der Waals surface area contributed by atoms with Gasteiger partial charge in [0.05, 0.1) is 0 Å². The summed E-state index contributed by atoms with van der Waals surface area (Å²) in [6.45, 7) is 0. The third kappa shape index (κ3) is 3.29. The Bertz CT molecular complexity index is 524. The van der Waals surface area contributed by atoms with Gasteiger partial charge >= 0.3 is 0 Å². The zero-order valence-electron chi connectivity index (χ0n) is 11.2. The van der Waals surface area contributed by atoms with Crippen LogP contribution in [0.4, 0.5) is 0 Å². The van der Waals surface area contributed by atoms with Crippen LogP contribution in [0.1, 0.15) is 22.6 Å². The molecule has 1 radical (unpaired) electrons. The Balaban J connectivity index is 0.00000147. The average molecular weight is 337 g/mol. The summed E-state index contributed by atoms with van der Waals surface area (Å²) < 4.78 is 0.